The van der Waals surface area contributed by atoms with Crippen LogP contribution in [0.4, 0.5) is 10.1 Å². The normalized spacial score (nSPS) is 10.2. The molecule has 3 N–H and O–H groups in total. The fourth-order valence-electron chi connectivity index (χ4n) is 1.82. The van der Waals surface area contributed by atoms with Crippen LogP contribution in [-0.4, -0.2) is 12.5 Å². The Labute approximate surface area is 122 Å². The average Bonchev–Trinajstić information content (AvgIpc) is 2.47. The van der Waals surface area contributed by atoms with Crippen molar-refractivity contribution in [2.45, 2.75) is 13.0 Å². The Morgan fingerprint density at radius 1 is 1.19 bits per heavy atom. The van der Waals surface area contributed by atoms with Gasteiger partial charge in [0.1, 0.15) is 11.6 Å². The molecule has 2 aromatic carbocycles. The van der Waals surface area contributed by atoms with Crippen LogP contribution in [0, 0.1) is 5.82 Å². The second kappa shape index (κ2) is 7.40. The van der Waals surface area contributed by atoms with Gasteiger partial charge in [-0.15, -0.1) is 0 Å². The Morgan fingerprint density at radius 3 is 2.76 bits per heavy atom. The minimum absolute atomic E-state index is 0.166. The van der Waals surface area contributed by atoms with Crippen LogP contribution in [0.2, 0.25) is 0 Å². The number of carbonyl (C=O) groups excluding carboxylic acids is 1. The topological polar surface area (TPSA) is 64.3 Å². The maximum Gasteiger partial charge on any atom is 0.227 e. The van der Waals surface area contributed by atoms with Gasteiger partial charge in [-0.3, -0.25) is 4.79 Å². The fourth-order valence-corrected chi connectivity index (χ4v) is 1.82. The van der Waals surface area contributed by atoms with E-state index in [1.165, 1.54) is 12.1 Å². The van der Waals surface area contributed by atoms with E-state index >= 15 is 0 Å². The van der Waals surface area contributed by atoms with E-state index in [1.807, 2.05) is 18.2 Å². The Morgan fingerprint density at radius 2 is 2.00 bits per heavy atom. The summed E-state index contributed by atoms with van der Waals surface area (Å²) in [6.07, 6.45) is 0.184. The number of nitrogens with one attached hydrogen (secondary N) is 1. The number of amides is 1. The van der Waals surface area contributed by atoms with Crippen molar-refractivity contribution in [2.75, 3.05) is 11.9 Å². The summed E-state index contributed by atoms with van der Waals surface area (Å²) < 4.78 is 18.3. The standard InChI is InChI=1S/C16H17FN2O2/c17-13-4-2-6-15(10-13)21-8-7-16(20)19-14-5-1-3-12(9-14)11-18/h1-6,9-10H,7-8,11,18H2,(H,19,20). The number of benzene rings is 2. The Hall–Kier alpha value is -2.40. The number of nitrogens with two attached hydrogens (primary N) is 1. The number of anilines is 1. The van der Waals surface area contributed by atoms with Crippen LogP contribution in [0.3, 0.4) is 0 Å². The molecule has 0 atom stereocenters. The summed E-state index contributed by atoms with van der Waals surface area (Å²) >= 11 is 0. The van der Waals surface area contributed by atoms with Crippen LogP contribution in [0.25, 0.3) is 0 Å². The van der Waals surface area contributed by atoms with Crippen molar-refractivity contribution < 1.29 is 13.9 Å². The maximum atomic E-state index is 12.9. The second-order valence-electron chi connectivity index (χ2n) is 4.51. The van der Waals surface area contributed by atoms with Gasteiger partial charge in [0.05, 0.1) is 13.0 Å². The van der Waals surface area contributed by atoms with Crippen LogP contribution in [-0.2, 0) is 11.3 Å². The largest absolute Gasteiger partial charge is 0.493 e. The van der Waals surface area contributed by atoms with E-state index in [-0.39, 0.29) is 24.8 Å². The number of ether oxygens (including phenoxy) is 1. The molecule has 110 valence electrons. The molecule has 5 heteroatoms. The van der Waals surface area contributed by atoms with Crippen molar-refractivity contribution in [3.63, 3.8) is 0 Å². The zero-order valence-corrected chi connectivity index (χ0v) is 11.5. The van der Waals surface area contributed by atoms with E-state index in [1.54, 1.807) is 18.2 Å². The molecule has 0 fully saturated rings. The highest BCUT2D eigenvalue weighted by Gasteiger charge is 2.04. The highest BCUT2D eigenvalue weighted by molar-refractivity contribution is 5.90. The summed E-state index contributed by atoms with van der Waals surface area (Å²) in [6, 6.07) is 13.2. The molecule has 0 aliphatic carbocycles. The molecule has 4 nitrogen and oxygen atoms in total. The van der Waals surface area contributed by atoms with Crippen molar-refractivity contribution in [3.05, 3.63) is 59.9 Å². The van der Waals surface area contributed by atoms with Crippen molar-refractivity contribution in [3.8, 4) is 5.75 Å². The molecule has 0 saturated heterocycles. The molecule has 0 radical (unpaired) electrons. The predicted octanol–water partition coefficient (Wildman–Crippen LogP) is 2.69. The van der Waals surface area contributed by atoms with Crippen molar-refractivity contribution in [2.24, 2.45) is 5.73 Å². The average molecular weight is 288 g/mol. The van der Waals surface area contributed by atoms with Crippen LogP contribution >= 0.6 is 0 Å². The van der Waals surface area contributed by atoms with Crippen molar-refractivity contribution >= 4 is 11.6 Å². The van der Waals surface area contributed by atoms with Gasteiger partial charge < -0.3 is 15.8 Å². The molecule has 2 rings (SSSR count). The van der Waals surface area contributed by atoms with E-state index in [0.717, 1.165) is 5.56 Å². The molecule has 0 bridgehead atoms. The first kappa shape index (κ1) is 15.0. The smallest absolute Gasteiger partial charge is 0.227 e. The van der Waals surface area contributed by atoms with Gasteiger partial charge in [-0.25, -0.2) is 4.39 Å². The van der Waals surface area contributed by atoms with E-state index in [9.17, 15) is 9.18 Å². The quantitative estimate of drug-likeness (QED) is 0.859. The molecule has 21 heavy (non-hydrogen) atoms. The highest BCUT2D eigenvalue weighted by atomic mass is 19.1. The molecule has 0 aliphatic rings. The van der Waals surface area contributed by atoms with Crippen LogP contribution in [0.5, 0.6) is 5.75 Å². The summed E-state index contributed by atoms with van der Waals surface area (Å²) in [5, 5.41) is 2.77. The van der Waals surface area contributed by atoms with Crippen molar-refractivity contribution in [1.82, 2.24) is 0 Å². The lowest BCUT2D eigenvalue weighted by Crippen LogP contribution is -2.15. The minimum Gasteiger partial charge on any atom is -0.493 e. The highest BCUT2D eigenvalue weighted by Crippen LogP contribution is 2.13. The first-order valence-corrected chi connectivity index (χ1v) is 6.64. The maximum absolute atomic E-state index is 12.9. The van der Waals surface area contributed by atoms with Crippen molar-refractivity contribution in [1.29, 1.82) is 0 Å². The first-order chi connectivity index (χ1) is 10.2. The van der Waals surface area contributed by atoms with Gasteiger partial charge in [0.15, 0.2) is 0 Å². The fraction of sp³-hybridized carbons (Fsp3) is 0.188. The lowest BCUT2D eigenvalue weighted by molar-refractivity contribution is -0.116. The zero-order chi connectivity index (χ0) is 15.1. The Balaban J connectivity index is 1.79. The summed E-state index contributed by atoms with van der Waals surface area (Å²) in [7, 11) is 0. The number of carbonyl (C=O) groups is 1. The molecular weight excluding hydrogens is 271 g/mol. The lowest BCUT2D eigenvalue weighted by atomic mass is 10.2. The molecule has 0 unspecified atom stereocenters. The van der Waals surface area contributed by atoms with Gasteiger partial charge in [-0.05, 0) is 29.8 Å². The monoisotopic (exact) mass is 288 g/mol. The third kappa shape index (κ3) is 4.89. The number of halogens is 1. The molecule has 0 spiro atoms. The van der Waals surface area contributed by atoms with Gasteiger partial charge in [0, 0.05) is 18.3 Å². The van der Waals surface area contributed by atoms with Gasteiger partial charge >= 0.3 is 0 Å². The summed E-state index contributed by atoms with van der Waals surface area (Å²) in [6.45, 7) is 0.609. The van der Waals surface area contributed by atoms with Gasteiger partial charge in [0.25, 0.3) is 0 Å². The Bertz CT molecular complexity index is 617. The molecule has 2 aromatic rings. The van der Waals surface area contributed by atoms with E-state index in [0.29, 0.717) is 18.0 Å². The van der Waals surface area contributed by atoms with Gasteiger partial charge in [-0.2, -0.15) is 0 Å². The molecular formula is C16H17FN2O2. The van der Waals surface area contributed by atoms with E-state index in [2.05, 4.69) is 5.32 Å². The molecule has 1 amide bonds. The zero-order valence-electron chi connectivity index (χ0n) is 11.5. The number of hydrogen-bond acceptors (Lipinski definition) is 3. The molecule has 0 heterocycles. The molecule has 0 aromatic heterocycles. The first-order valence-electron chi connectivity index (χ1n) is 6.64. The van der Waals surface area contributed by atoms with Crippen LogP contribution in [0.15, 0.2) is 48.5 Å². The van der Waals surface area contributed by atoms with Gasteiger partial charge in [0.2, 0.25) is 5.91 Å². The summed E-state index contributed by atoms with van der Waals surface area (Å²) in [5.41, 5.74) is 7.19. The SMILES string of the molecule is NCc1cccc(NC(=O)CCOc2cccc(F)c2)c1. The molecule has 0 saturated carbocycles. The number of hydrogen-bond donors (Lipinski definition) is 2. The number of rotatable bonds is 6. The summed E-state index contributed by atoms with van der Waals surface area (Å²) in [4.78, 5) is 11.8. The third-order valence-electron chi connectivity index (χ3n) is 2.84. The van der Waals surface area contributed by atoms with Crippen LogP contribution in [0.1, 0.15) is 12.0 Å². The molecule has 0 aliphatic heterocycles. The van der Waals surface area contributed by atoms with Crippen LogP contribution < -0.4 is 15.8 Å². The minimum atomic E-state index is -0.365. The Kier molecular flexibility index (Phi) is 5.29. The van der Waals surface area contributed by atoms with E-state index in [4.69, 9.17) is 10.5 Å². The second-order valence-corrected chi connectivity index (χ2v) is 4.51. The van der Waals surface area contributed by atoms with Gasteiger partial charge in [-0.1, -0.05) is 18.2 Å². The predicted molar refractivity (Wildman–Crippen MR) is 79.5 cm³/mol. The summed E-state index contributed by atoms with van der Waals surface area (Å²) in [5.74, 6) is -0.121. The van der Waals surface area contributed by atoms with E-state index < -0.39 is 0 Å². The lowest BCUT2D eigenvalue weighted by Gasteiger charge is -2.08. The third-order valence-corrected chi connectivity index (χ3v) is 2.84.